The highest BCUT2D eigenvalue weighted by Crippen LogP contribution is 2.40. The molecule has 7 heteroatoms. The Bertz CT molecular complexity index is 1030. The van der Waals surface area contributed by atoms with E-state index in [1.54, 1.807) is 56.6 Å². The van der Waals surface area contributed by atoms with Gasteiger partial charge in [-0.15, -0.1) is 0 Å². The molecule has 32 heavy (non-hydrogen) atoms. The number of para-hydroxylation sites is 1. The summed E-state index contributed by atoms with van der Waals surface area (Å²) in [5.41, 5.74) is 0.881. The van der Waals surface area contributed by atoms with E-state index in [2.05, 4.69) is 0 Å². The van der Waals surface area contributed by atoms with Crippen LogP contribution in [-0.4, -0.2) is 56.6 Å². The van der Waals surface area contributed by atoms with Crippen molar-refractivity contribution in [1.82, 2.24) is 4.90 Å². The van der Waals surface area contributed by atoms with Gasteiger partial charge in [-0.25, -0.2) is 0 Å². The molecule has 0 radical (unpaired) electrons. The van der Waals surface area contributed by atoms with E-state index in [1.165, 1.54) is 0 Å². The van der Waals surface area contributed by atoms with Crippen molar-refractivity contribution in [2.45, 2.75) is 24.9 Å². The summed E-state index contributed by atoms with van der Waals surface area (Å²) in [6.45, 7) is 1.07. The number of hydrogen-bond donors (Lipinski definition) is 0. The monoisotopic (exact) mass is 437 g/mol. The number of carbonyl (C=O) groups is 2. The summed E-state index contributed by atoms with van der Waals surface area (Å²) in [5, 5.41) is 0. The molecule has 7 nitrogen and oxygen atoms in total. The van der Waals surface area contributed by atoms with Crippen molar-refractivity contribution in [3.05, 3.63) is 53.6 Å². The van der Waals surface area contributed by atoms with Gasteiger partial charge in [-0.05, 0) is 35.9 Å². The molecule has 1 spiro atoms. The number of ether oxygens (including phenoxy) is 4. The number of rotatable bonds is 5. The summed E-state index contributed by atoms with van der Waals surface area (Å²) < 4.78 is 22.3. The summed E-state index contributed by atoms with van der Waals surface area (Å²) >= 11 is 0. The van der Waals surface area contributed by atoms with Gasteiger partial charge in [0.15, 0.2) is 17.3 Å². The zero-order valence-electron chi connectivity index (χ0n) is 18.6. The molecule has 2 aliphatic rings. The van der Waals surface area contributed by atoms with E-state index >= 15 is 0 Å². The molecule has 2 aromatic rings. The number of nitrogens with zero attached hydrogens (tertiary/aromatic N) is 1. The average Bonchev–Trinajstić information content (AvgIpc) is 2.82. The molecule has 0 unspecified atom stereocenters. The van der Waals surface area contributed by atoms with Crippen LogP contribution in [0.15, 0.2) is 42.5 Å². The second kappa shape index (κ2) is 8.94. The molecule has 1 amide bonds. The third-order valence-corrected chi connectivity index (χ3v) is 6.09. The third kappa shape index (κ3) is 4.15. The van der Waals surface area contributed by atoms with Crippen LogP contribution < -0.4 is 18.9 Å². The molecule has 1 fully saturated rings. The van der Waals surface area contributed by atoms with Crippen molar-refractivity contribution in [1.29, 1.82) is 0 Å². The first-order valence-electron chi connectivity index (χ1n) is 10.6. The molecule has 2 aromatic carbocycles. The number of carbonyl (C=O) groups excluding carboxylic acids is 2. The lowest BCUT2D eigenvalue weighted by molar-refractivity contribution is -0.129. The smallest absolute Gasteiger partial charge is 0.246 e. The number of hydrogen-bond acceptors (Lipinski definition) is 6. The first-order chi connectivity index (χ1) is 15.5. The highest BCUT2D eigenvalue weighted by Gasteiger charge is 2.43. The van der Waals surface area contributed by atoms with Crippen LogP contribution >= 0.6 is 0 Å². The van der Waals surface area contributed by atoms with Crippen LogP contribution in [0, 0.1) is 0 Å². The molecule has 2 aliphatic heterocycles. The van der Waals surface area contributed by atoms with E-state index in [9.17, 15) is 9.59 Å². The number of likely N-dealkylation sites (tertiary alicyclic amines) is 1. The van der Waals surface area contributed by atoms with Gasteiger partial charge < -0.3 is 23.8 Å². The molecule has 2 heterocycles. The molecule has 0 aromatic heterocycles. The topological polar surface area (TPSA) is 74.3 Å². The minimum atomic E-state index is -0.525. The van der Waals surface area contributed by atoms with Crippen LogP contribution in [0.2, 0.25) is 0 Å². The average molecular weight is 437 g/mol. The first kappa shape index (κ1) is 21.7. The van der Waals surface area contributed by atoms with Crippen LogP contribution in [0.25, 0.3) is 6.08 Å². The van der Waals surface area contributed by atoms with Gasteiger partial charge in [0.1, 0.15) is 11.4 Å². The number of piperidine rings is 1. The fourth-order valence-corrected chi connectivity index (χ4v) is 4.33. The summed E-state index contributed by atoms with van der Waals surface area (Å²) in [4.78, 5) is 27.2. The van der Waals surface area contributed by atoms with Crippen molar-refractivity contribution in [3.63, 3.8) is 0 Å². The van der Waals surface area contributed by atoms with Crippen molar-refractivity contribution < 1.29 is 28.5 Å². The van der Waals surface area contributed by atoms with Crippen LogP contribution in [0.1, 0.15) is 35.2 Å². The maximum Gasteiger partial charge on any atom is 0.246 e. The van der Waals surface area contributed by atoms with E-state index < -0.39 is 5.60 Å². The minimum Gasteiger partial charge on any atom is -0.493 e. The number of benzene rings is 2. The van der Waals surface area contributed by atoms with Crippen molar-refractivity contribution >= 4 is 17.8 Å². The van der Waals surface area contributed by atoms with E-state index in [4.69, 9.17) is 18.9 Å². The molecule has 0 saturated carbocycles. The quantitative estimate of drug-likeness (QED) is 0.664. The number of Topliss-reactive ketones (excluding diaryl/α,β-unsaturated/α-hetero) is 1. The maximum atomic E-state index is 12.8. The molecular weight excluding hydrogens is 410 g/mol. The SMILES string of the molecule is COc1cc(/C=C\C(=O)N2CCC3(CC2)CC(=O)c2ccccc2O3)cc(OC)c1OC. The Morgan fingerprint density at radius 3 is 2.31 bits per heavy atom. The van der Waals surface area contributed by atoms with Gasteiger partial charge in [0.2, 0.25) is 11.7 Å². The molecule has 0 aliphatic carbocycles. The zero-order valence-corrected chi connectivity index (χ0v) is 18.6. The molecular formula is C25H27NO6. The highest BCUT2D eigenvalue weighted by molar-refractivity contribution is 6.00. The molecule has 4 rings (SSSR count). The third-order valence-electron chi connectivity index (χ3n) is 6.09. The van der Waals surface area contributed by atoms with Gasteiger partial charge in [-0.2, -0.15) is 0 Å². The second-order valence-corrected chi connectivity index (χ2v) is 8.00. The molecule has 168 valence electrons. The Morgan fingerprint density at radius 1 is 1.03 bits per heavy atom. The zero-order chi connectivity index (χ0) is 22.7. The Balaban J connectivity index is 1.42. The fraction of sp³-hybridized carbons (Fsp3) is 0.360. The van der Waals surface area contributed by atoms with E-state index in [-0.39, 0.29) is 11.7 Å². The predicted molar refractivity (Wildman–Crippen MR) is 120 cm³/mol. The largest absolute Gasteiger partial charge is 0.493 e. The molecule has 1 saturated heterocycles. The maximum absolute atomic E-state index is 12.8. The number of methoxy groups -OCH3 is 3. The van der Waals surface area contributed by atoms with Gasteiger partial charge in [0.25, 0.3) is 0 Å². The lowest BCUT2D eigenvalue weighted by atomic mass is 9.82. The minimum absolute atomic E-state index is 0.0869. The van der Waals surface area contributed by atoms with Crippen LogP contribution in [-0.2, 0) is 4.79 Å². The number of fused-ring (bicyclic) bond motifs is 1. The normalized spacial score (nSPS) is 17.1. The van der Waals surface area contributed by atoms with Gasteiger partial charge in [0, 0.05) is 32.0 Å². The van der Waals surface area contributed by atoms with Crippen LogP contribution in [0.5, 0.6) is 23.0 Å². The summed E-state index contributed by atoms with van der Waals surface area (Å²) in [6.07, 6.45) is 4.87. The summed E-state index contributed by atoms with van der Waals surface area (Å²) in [5.74, 6) is 2.22. The first-order valence-corrected chi connectivity index (χ1v) is 10.6. The number of ketones is 1. The van der Waals surface area contributed by atoms with E-state index in [1.807, 2.05) is 18.2 Å². The van der Waals surface area contributed by atoms with Crippen molar-refractivity contribution in [2.24, 2.45) is 0 Å². The lowest BCUT2D eigenvalue weighted by Gasteiger charge is -2.43. The van der Waals surface area contributed by atoms with Gasteiger partial charge in [-0.3, -0.25) is 9.59 Å². The second-order valence-electron chi connectivity index (χ2n) is 8.00. The Labute approximate surface area is 187 Å². The highest BCUT2D eigenvalue weighted by atomic mass is 16.5. The summed E-state index contributed by atoms with van der Waals surface area (Å²) in [7, 11) is 4.65. The predicted octanol–water partition coefficient (Wildman–Crippen LogP) is 3.75. The lowest BCUT2D eigenvalue weighted by Crippen LogP contribution is -2.52. The standard InChI is InChI=1S/C25H27NO6/c1-29-21-14-17(15-22(30-2)24(21)31-3)8-9-23(28)26-12-10-25(11-13-26)16-19(27)18-6-4-5-7-20(18)32-25/h4-9,14-15H,10-13,16H2,1-3H3/b9-8-. The fourth-order valence-electron chi connectivity index (χ4n) is 4.33. The van der Waals surface area contributed by atoms with Crippen LogP contribution in [0.4, 0.5) is 0 Å². The Morgan fingerprint density at radius 2 is 1.69 bits per heavy atom. The Kier molecular flexibility index (Phi) is 6.08. The molecule has 0 bridgehead atoms. The molecule has 0 atom stereocenters. The Hall–Kier alpha value is -3.48. The van der Waals surface area contributed by atoms with Gasteiger partial charge in [0.05, 0.1) is 33.3 Å². The van der Waals surface area contributed by atoms with Crippen molar-refractivity contribution in [2.75, 3.05) is 34.4 Å². The van der Waals surface area contributed by atoms with Gasteiger partial charge >= 0.3 is 0 Å². The number of amides is 1. The van der Waals surface area contributed by atoms with E-state index in [0.29, 0.717) is 60.9 Å². The van der Waals surface area contributed by atoms with Gasteiger partial charge in [-0.1, -0.05) is 12.1 Å². The van der Waals surface area contributed by atoms with Crippen LogP contribution in [0.3, 0.4) is 0 Å². The van der Waals surface area contributed by atoms with E-state index in [0.717, 1.165) is 5.56 Å². The van der Waals surface area contributed by atoms with Crippen molar-refractivity contribution in [3.8, 4) is 23.0 Å². The summed E-state index contributed by atoms with van der Waals surface area (Å²) in [6, 6.07) is 10.9. The molecule has 0 N–H and O–H groups in total.